The summed E-state index contributed by atoms with van der Waals surface area (Å²) in [5.41, 5.74) is 2.32. The lowest BCUT2D eigenvalue weighted by molar-refractivity contribution is -0.914. The Balaban J connectivity index is 1.48. The molecule has 4 rings (SSSR count). The zero-order chi connectivity index (χ0) is 18.5. The topological polar surface area (TPSA) is 65.7 Å². The number of nitrogens with zero attached hydrogens (tertiary/aromatic N) is 3. The van der Waals surface area contributed by atoms with Crippen LogP contribution in [0, 0.1) is 0 Å². The highest BCUT2D eigenvalue weighted by Gasteiger charge is 2.23. The second kappa shape index (κ2) is 8.33. The third kappa shape index (κ3) is 4.18. The summed E-state index contributed by atoms with van der Waals surface area (Å²) < 4.78 is 0. The van der Waals surface area contributed by atoms with Gasteiger partial charge in [-0.25, -0.2) is 4.98 Å². The number of aliphatic hydroxyl groups is 1. The summed E-state index contributed by atoms with van der Waals surface area (Å²) in [6, 6.07) is 18.7. The summed E-state index contributed by atoms with van der Waals surface area (Å²) in [6.45, 7) is 5.66. The van der Waals surface area contributed by atoms with Crippen LogP contribution in [0.5, 0.6) is 0 Å². The highest BCUT2D eigenvalue weighted by atomic mass is 16.3. The fourth-order valence-electron chi connectivity index (χ4n) is 3.60. The molecule has 140 valence electrons. The summed E-state index contributed by atoms with van der Waals surface area (Å²) in [7, 11) is 0. The molecular formula is C21H26N5O+. The number of nitrogens with one attached hydrogen (secondary N) is 2. The van der Waals surface area contributed by atoms with Gasteiger partial charge in [0.25, 0.3) is 0 Å². The first-order valence-corrected chi connectivity index (χ1v) is 9.57. The Morgan fingerprint density at radius 1 is 0.963 bits per heavy atom. The number of quaternary nitrogens is 1. The Labute approximate surface area is 159 Å². The van der Waals surface area contributed by atoms with E-state index >= 15 is 0 Å². The minimum Gasteiger partial charge on any atom is -0.395 e. The summed E-state index contributed by atoms with van der Waals surface area (Å²) in [6.07, 6.45) is 0. The number of para-hydroxylation sites is 1. The van der Waals surface area contributed by atoms with E-state index in [0.717, 1.165) is 55.4 Å². The largest absolute Gasteiger partial charge is 0.395 e. The van der Waals surface area contributed by atoms with Crippen LogP contribution in [0.25, 0.3) is 10.9 Å². The summed E-state index contributed by atoms with van der Waals surface area (Å²) in [5.74, 6) is 1.57. The molecule has 0 bridgehead atoms. The van der Waals surface area contributed by atoms with Crippen molar-refractivity contribution in [3.05, 3.63) is 60.2 Å². The first-order chi connectivity index (χ1) is 13.3. The van der Waals surface area contributed by atoms with E-state index in [2.05, 4.69) is 40.5 Å². The van der Waals surface area contributed by atoms with E-state index in [9.17, 15) is 0 Å². The molecule has 0 radical (unpaired) electrons. The minimum absolute atomic E-state index is 0.0786. The fraction of sp³-hybridized carbons (Fsp3) is 0.333. The molecule has 0 aliphatic carbocycles. The smallest absolute Gasteiger partial charge is 0.228 e. The van der Waals surface area contributed by atoms with Gasteiger partial charge in [0.15, 0.2) is 0 Å². The molecule has 0 amide bonds. The standard InChI is InChI=1S/C21H25N5O/c27-15-10-22-20-18-8-4-5-9-19(18)23-21(24-20)26-13-11-25(12-14-26)16-17-6-2-1-3-7-17/h1-9,27H,10-16H2,(H,22,23,24)/p+1. The number of benzene rings is 2. The zero-order valence-electron chi connectivity index (χ0n) is 15.4. The molecule has 3 aromatic rings. The van der Waals surface area contributed by atoms with Gasteiger partial charge in [-0.05, 0) is 12.1 Å². The monoisotopic (exact) mass is 364 g/mol. The second-order valence-corrected chi connectivity index (χ2v) is 6.94. The number of aliphatic hydroxyl groups excluding tert-OH is 1. The molecule has 2 heterocycles. The molecule has 1 aromatic heterocycles. The average Bonchev–Trinajstić information content (AvgIpc) is 2.73. The van der Waals surface area contributed by atoms with E-state index in [4.69, 9.17) is 15.1 Å². The highest BCUT2D eigenvalue weighted by molar-refractivity contribution is 5.90. The first kappa shape index (κ1) is 17.7. The van der Waals surface area contributed by atoms with Gasteiger partial charge >= 0.3 is 0 Å². The van der Waals surface area contributed by atoms with E-state index in [0.29, 0.717) is 6.54 Å². The normalized spacial score (nSPS) is 15.2. The van der Waals surface area contributed by atoms with Crippen molar-refractivity contribution in [3.63, 3.8) is 0 Å². The quantitative estimate of drug-likeness (QED) is 0.608. The van der Waals surface area contributed by atoms with Gasteiger partial charge in [0.1, 0.15) is 12.4 Å². The summed E-state index contributed by atoms with van der Waals surface area (Å²) in [5, 5.41) is 13.4. The van der Waals surface area contributed by atoms with E-state index in [1.165, 1.54) is 5.56 Å². The first-order valence-electron chi connectivity index (χ1n) is 9.57. The minimum atomic E-state index is 0.0786. The van der Waals surface area contributed by atoms with Crippen molar-refractivity contribution in [1.82, 2.24) is 9.97 Å². The average molecular weight is 364 g/mol. The Bertz CT molecular complexity index is 878. The number of aromatic nitrogens is 2. The van der Waals surface area contributed by atoms with Gasteiger partial charge in [-0.15, -0.1) is 0 Å². The molecule has 0 unspecified atom stereocenters. The highest BCUT2D eigenvalue weighted by Crippen LogP contribution is 2.23. The second-order valence-electron chi connectivity index (χ2n) is 6.94. The van der Waals surface area contributed by atoms with E-state index in [-0.39, 0.29) is 6.61 Å². The zero-order valence-corrected chi connectivity index (χ0v) is 15.4. The molecule has 0 atom stereocenters. The number of hydrogen-bond acceptors (Lipinski definition) is 5. The van der Waals surface area contributed by atoms with Gasteiger partial charge in [0, 0.05) is 17.5 Å². The van der Waals surface area contributed by atoms with Gasteiger partial charge in [0.05, 0.1) is 38.3 Å². The van der Waals surface area contributed by atoms with Crippen LogP contribution in [0.1, 0.15) is 5.56 Å². The van der Waals surface area contributed by atoms with Crippen LogP contribution < -0.4 is 15.1 Å². The summed E-state index contributed by atoms with van der Waals surface area (Å²) in [4.78, 5) is 13.4. The molecule has 1 fully saturated rings. The third-order valence-electron chi connectivity index (χ3n) is 5.05. The number of hydrogen-bond donors (Lipinski definition) is 3. The predicted molar refractivity (Wildman–Crippen MR) is 108 cm³/mol. The number of fused-ring (bicyclic) bond motifs is 1. The van der Waals surface area contributed by atoms with Crippen molar-refractivity contribution < 1.29 is 10.0 Å². The number of rotatable bonds is 6. The van der Waals surface area contributed by atoms with E-state index < -0.39 is 0 Å². The van der Waals surface area contributed by atoms with Crippen molar-refractivity contribution in [2.24, 2.45) is 0 Å². The molecule has 0 saturated carbocycles. The van der Waals surface area contributed by atoms with Crippen molar-refractivity contribution in [2.45, 2.75) is 6.54 Å². The van der Waals surface area contributed by atoms with Gasteiger partial charge in [0.2, 0.25) is 5.95 Å². The van der Waals surface area contributed by atoms with Crippen molar-refractivity contribution >= 4 is 22.7 Å². The van der Waals surface area contributed by atoms with E-state index in [1.54, 1.807) is 4.90 Å². The predicted octanol–water partition coefficient (Wildman–Crippen LogP) is 0.939. The van der Waals surface area contributed by atoms with Crippen LogP contribution in [0.4, 0.5) is 11.8 Å². The lowest BCUT2D eigenvalue weighted by atomic mass is 10.2. The molecule has 6 heteroatoms. The van der Waals surface area contributed by atoms with Gasteiger partial charge in [-0.1, -0.05) is 42.5 Å². The molecule has 6 nitrogen and oxygen atoms in total. The molecule has 1 saturated heterocycles. The van der Waals surface area contributed by atoms with Crippen LogP contribution in [0.2, 0.25) is 0 Å². The van der Waals surface area contributed by atoms with Crippen LogP contribution >= 0.6 is 0 Å². The van der Waals surface area contributed by atoms with Crippen LogP contribution in [0.15, 0.2) is 54.6 Å². The molecular weight excluding hydrogens is 338 g/mol. The molecule has 1 aliphatic heterocycles. The Morgan fingerprint density at radius 2 is 1.70 bits per heavy atom. The molecule has 1 aliphatic rings. The Morgan fingerprint density at radius 3 is 2.48 bits per heavy atom. The third-order valence-corrected chi connectivity index (χ3v) is 5.05. The molecule has 2 aromatic carbocycles. The van der Waals surface area contributed by atoms with Crippen molar-refractivity contribution in [2.75, 3.05) is 49.5 Å². The molecule has 27 heavy (non-hydrogen) atoms. The number of anilines is 2. The van der Waals surface area contributed by atoms with E-state index in [1.807, 2.05) is 24.3 Å². The van der Waals surface area contributed by atoms with Gasteiger partial charge < -0.3 is 20.2 Å². The lowest BCUT2D eigenvalue weighted by Gasteiger charge is -2.32. The van der Waals surface area contributed by atoms with Gasteiger partial charge in [-0.3, -0.25) is 0 Å². The Kier molecular flexibility index (Phi) is 5.46. The van der Waals surface area contributed by atoms with Crippen LogP contribution in [0.3, 0.4) is 0 Å². The molecule has 0 spiro atoms. The van der Waals surface area contributed by atoms with Crippen LogP contribution in [-0.2, 0) is 6.54 Å². The summed E-state index contributed by atoms with van der Waals surface area (Å²) >= 11 is 0. The van der Waals surface area contributed by atoms with Gasteiger partial charge in [-0.2, -0.15) is 4.98 Å². The molecule has 3 N–H and O–H groups in total. The lowest BCUT2D eigenvalue weighted by Crippen LogP contribution is -3.13. The maximum Gasteiger partial charge on any atom is 0.228 e. The SMILES string of the molecule is OCCNc1nc(N2CC[NH+](Cc3ccccc3)CC2)nc2ccccc12. The fourth-order valence-corrected chi connectivity index (χ4v) is 3.60. The Hall–Kier alpha value is -2.70. The van der Waals surface area contributed by atoms with Crippen molar-refractivity contribution in [3.8, 4) is 0 Å². The maximum atomic E-state index is 9.15. The maximum absolute atomic E-state index is 9.15. The van der Waals surface area contributed by atoms with Crippen molar-refractivity contribution in [1.29, 1.82) is 0 Å². The number of piperazine rings is 1. The van der Waals surface area contributed by atoms with Crippen LogP contribution in [-0.4, -0.2) is 54.4 Å².